The second-order valence-electron chi connectivity index (χ2n) is 12.9. The van der Waals surface area contributed by atoms with Crippen molar-refractivity contribution in [1.82, 2.24) is 14.8 Å². The van der Waals surface area contributed by atoms with Crippen LogP contribution in [0, 0.1) is 11.2 Å². The minimum atomic E-state index is -0.780. The summed E-state index contributed by atoms with van der Waals surface area (Å²) in [6.45, 7) is 11.8. The zero-order chi connectivity index (χ0) is 31.3. The first kappa shape index (κ1) is 33.9. The van der Waals surface area contributed by atoms with Gasteiger partial charge in [-0.3, -0.25) is 9.69 Å². The van der Waals surface area contributed by atoms with Gasteiger partial charge in [0.2, 0.25) is 0 Å². The highest BCUT2D eigenvalue weighted by Gasteiger charge is 2.40. The van der Waals surface area contributed by atoms with E-state index in [0.717, 1.165) is 42.0 Å². The topological polar surface area (TPSA) is 56.7 Å². The highest BCUT2D eigenvalue weighted by atomic mass is 35.5. The van der Waals surface area contributed by atoms with Crippen molar-refractivity contribution in [2.45, 2.75) is 77.7 Å². The molecule has 2 fully saturated rings. The van der Waals surface area contributed by atoms with Gasteiger partial charge >= 0.3 is 5.97 Å². The van der Waals surface area contributed by atoms with E-state index in [1.165, 1.54) is 47.6 Å². The van der Waals surface area contributed by atoms with Crippen LogP contribution >= 0.6 is 34.5 Å². The molecule has 0 aliphatic carbocycles. The molecule has 2 unspecified atom stereocenters. The maximum Gasteiger partial charge on any atom is 0.321 e. The summed E-state index contributed by atoms with van der Waals surface area (Å²) in [6.07, 6.45) is 5.16. The molecule has 0 amide bonds. The SMILES string of the molecule is CC(C)(C)C(C(=O)O)N1CCC(c2cccc(F)c2)C1.CCc1nc(Cc2ccc(Cl)cc2Cl)sc1C1CCN(C)CC1. The van der Waals surface area contributed by atoms with Crippen molar-refractivity contribution in [3.05, 3.63) is 85.0 Å². The first-order valence-electron chi connectivity index (χ1n) is 15.2. The number of carbonyl (C=O) groups is 1. The van der Waals surface area contributed by atoms with E-state index in [2.05, 4.69) is 18.9 Å². The first-order valence-corrected chi connectivity index (χ1v) is 16.8. The average molecular weight is 649 g/mol. The maximum atomic E-state index is 13.3. The number of nitrogens with zero attached hydrogens (tertiary/aromatic N) is 3. The average Bonchev–Trinajstić information content (AvgIpc) is 3.57. The van der Waals surface area contributed by atoms with E-state index in [0.29, 0.717) is 17.5 Å². The zero-order valence-corrected chi connectivity index (χ0v) is 28.2. The fourth-order valence-electron chi connectivity index (χ4n) is 6.29. The van der Waals surface area contributed by atoms with Crippen LogP contribution in [0.15, 0.2) is 42.5 Å². The van der Waals surface area contributed by atoms with E-state index < -0.39 is 12.0 Å². The van der Waals surface area contributed by atoms with Gasteiger partial charge in [-0.1, -0.05) is 69.1 Å². The largest absolute Gasteiger partial charge is 0.480 e. The minimum absolute atomic E-state index is 0.217. The summed E-state index contributed by atoms with van der Waals surface area (Å²) < 4.78 is 13.3. The van der Waals surface area contributed by atoms with E-state index >= 15 is 0 Å². The van der Waals surface area contributed by atoms with Crippen molar-refractivity contribution >= 4 is 40.5 Å². The highest BCUT2D eigenvalue weighted by molar-refractivity contribution is 7.11. The minimum Gasteiger partial charge on any atom is -0.480 e. The van der Waals surface area contributed by atoms with Crippen LogP contribution in [0.1, 0.15) is 85.5 Å². The van der Waals surface area contributed by atoms with Crippen molar-refractivity contribution in [3.8, 4) is 0 Å². The number of carboxylic acids is 1. The molecule has 3 aromatic rings. The number of hydrogen-bond donors (Lipinski definition) is 1. The summed E-state index contributed by atoms with van der Waals surface area (Å²) in [7, 11) is 2.21. The number of aliphatic carboxylic acids is 1. The molecule has 0 bridgehead atoms. The quantitative estimate of drug-likeness (QED) is 0.278. The number of thiazole rings is 1. The third-order valence-corrected chi connectivity index (χ3v) is 10.4. The van der Waals surface area contributed by atoms with Crippen LogP contribution in [0.3, 0.4) is 0 Å². The number of likely N-dealkylation sites (tertiary alicyclic amines) is 2. The zero-order valence-electron chi connectivity index (χ0n) is 25.9. The molecule has 234 valence electrons. The third-order valence-electron chi connectivity index (χ3n) is 8.51. The van der Waals surface area contributed by atoms with Crippen LogP contribution in [-0.4, -0.2) is 65.1 Å². The molecule has 1 N–H and O–H groups in total. The Balaban J connectivity index is 0.000000199. The van der Waals surface area contributed by atoms with Crippen molar-refractivity contribution in [2.75, 3.05) is 33.2 Å². The molecule has 2 saturated heterocycles. The van der Waals surface area contributed by atoms with Crippen molar-refractivity contribution in [2.24, 2.45) is 5.41 Å². The molecule has 2 atom stereocenters. The number of rotatable bonds is 7. The van der Waals surface area contributed by atoms with Gasteiger partial charge in [-0.25, -0.2) is 9.37 Å². The number of piperidine rings is 1. The van der Waals surface area contributed by atoms with E-state index in [-0.39, 0.29) is 17.2 Å². The molecule has 43 heavy (non-hydrogen) atoms. The number of halogens is 3. The summed E-state index contributed by atoms with van der Waals surface area (Å²) in [4.78, 5) is 22.4. The molecular weight excluding hydrogens is 604 g/mol. The molecule has 5 rings (SSSR count). The van der Waals surface area contributed by atoms with Gasteiger partial charge in [0.1, 0.15) is 11.9 Å². The number of aryl methyl sites for hydroxylation is 1. The molecule has 0 spiro atoms. The van der Waals surface area contributed by atoms with Crippen LogP contribution in [-0.2, 0) is 17.6 Å². The normalized spacial score (nSPS) is 19.2. The molecule has 0 radical (unpaired) electrons. The lowest BCUT2D eigenvalue weighted by molar-refractivity contribution is -0.147. The van der Waals surface area contributed by atoms with Gasteiger partial charge < -0.3 is 10.0 Å². The van der Waals surface area contributed by atoms with Crippen LogP contribution in [0.4, 0.5) is 4.39 Å². The van der Waals surface area contributed by atoms with E-state index in [9.17, 15) is 14.3 Å². The van der Waals surface area contributed by atoms with E-state index in [1.807, 2.05) is 61.3 Å². The molecule has 3 heterocycles. The second-order valence-corrected chi connectivity index (χ2v) is 14.9. The molecule has 1 aromatic heterocycles. The summed E-state index contributed by atoms with van der Waals surface area (Å²) in [5.41, 5.74) is 3.03. The number of carboxylic acid groups (broad SMARTS) is 1. The molecule has 2 aromatic carbocycles. The Bertz CT molecular complexity index is 1380. The Labute approximate surface area is 270 Å². The van der Waals surface area contributed by atoms with Crippen molar-refractivity contribution in [1.29, 1.82) is 0 Å². The second kappa shape index (κ2) is 14.8. The van der Waals surface area contributed by atoms with E-state index in [1.54, 1.807) is 12.1 Å². The predicted molar refractivity (Wildman–Crippen MR) is 176 cm³/mol. The van der Waals surface area contributed by atoms with Gasteiger partial charge in [-0.05, 0) is 105 Å². The summed E-state index contributed by atoms with van der Waals surface area (Å²) in [5.74, 6) is -0.119. The summed E-state index contributed by atoms with van der Waals surface area (Å²) in [5, 5.41) is 12.0. The molecule has 9 heteroatoms. The Morgan fingerprint density at radius 1 is 1.09 bits per heavy atom. The molecular formula is C34H44Cl2FN3O2S. The standard InChI is InChI=1S/C18H22Cl2N2S.C16H22FNO2/c1-3-16-18(12-6-8-22(2)9-7-12)23-17(21-16)10-13-4-5-14(19)11-15(13)20;1-16(2,3)14(15(19)20)18-8-7-12(10-18)11-5-4-6-13(17)9-11/h4-5,11-12H,3,6-10H2,1-2H3;4-6,9,12,14H,7-8,10H2,1-3H3,(H,19,20). The van der Waals surface area contributed by atoms with Gasteiger partial charge in [-0.15, -0.1) is 11.3 Å². The van der Waals surface area contributed by atoms with E-state index in [4.69, 9.17) is 28.2 Å². The van der Waals surface area contributed by atoms with Crippen molar-refractivity contribution in [3.63, 3.8) is 0 Å². The van der Waals surface area contributed by atoms with Crippen LogP contribution < -0.4 is 0 Å². The Morgan fingerprint density at radius 2 is 1.79 bits per heavy atom. The highest BCUT2D eigenvalue weighted by Crippen LogP contribution is 2.36. The Morgan fingerprint density at radius 3 is 2.40 bits per heavy atom. The monoisotopic (exact) mass is 647 g/mol. The number of aromatic nitrogens is 1. The smallest absolute Gasteiger partial charge is 0.321 e. The fourth-order valence-corrected chi connectivity index (χ4v) is 8.11. The fraction of sp³-hybridized carbons (Fsp3) is 0.529. The number of hydrogen-bond acceptors (Lipinski definition) is 5. The van der Waals surface area contributed by atoms with Gasteiger partial charge in [-0.2, -0.15) is 0 Å². The van der Waals surface area contributed by atoms with Crippen LogP contribution in [0.2, 0.25) is 10.0 Å². The number of benzene rings is 2. The van der Waals surface area contributed by atoms with Gasteiger partial charge in [0.15, 0.2) is 0 Å². The van der Waals surface area contributed by atoms with Gasteiger partial charge in [0.05, 0.1) is 10.7 Å². The van der Waals surface area contributed by atoms with Gasteiger partial charge in [0, 0.05) is 27.9 Å². The summed E-state index contributed by atoms with van der Waals surface area (Å²) in [6, 6.07) is 11.8. The van der Waals surface area contributed by atoms with Crippen LogP contribution in [0.25, 0.3) is 0 Å². The lowest BCUT2D eigenvalue weighted by Gasteiger charge is -2.34. The first-order chi connectivity index (χ1) is 20.3. The summed E-state index contributed by atoms with van der Waals surface area (Å²) >= 11 is 14.2. The lowest BCUT2D eigenvalue weighted by Crippen LogP contribution is -2.48. The third kappa shape index (κ3) is 9.01. The Hall–Kier alpha value is -2.03. The predicted octanol–water partition coefficient (Wildman–Crippen LogP) is 8.53. The van der Waals surface area contributed by atoms with Crippen molar-refractivity contribution < 1.29 is 14.3 Å². The molecule has 5 nitrogen and oxygen atoms in total. The lowest BCUT2D eigenvalue weighted by atomic mass is 9.85. The molecule has 0 saturated carbocycles. The maximum absolute atomic E-state index is 13.3. The molecule has 2 aliphatic rings. The Kier molecular flexibility index (Phi) is 11.7. The molecule has 2 aliphatic heterocycles. The van der Waals surface area contributed by atoms with Gasteiger partial charge in [0.25, 0.3) is 0 Å². The van der Waals surface area contributed by atoms with Crippen LogP contribution in [0.5, 0.6) is 0 Å².